The number of aliphatic imine (C=N–C) groups is 1. The van der Waals surface area contributed by atoms with Crippen LogP contribution in [-0.4, -0.2) is 22.1 Å². The zero-order valence-corrected chi connectivity index (χ0v) is 13.2. The number of aryl methyl sites for hydroxylation is 2. The first-order valence-electron chi connectivity index (χ1n) is 7.76. The fourth-order valence-electron chi connectivity index (χ4n) is 2.45. The Balaban J connectivity index is 1.51. The standard InChI is InChI=1S/C18H21N5/c1-14-7-9-15(10-8-14)22-18(19)20-11-4-12-23-13-21-16-5-2-3-6-17(16)23/h2-3,5-10,13H,4,11-12H2,1H3,(H3,19,20,22). The van der Waals surface area contributed by atoms with Gasteiger partial charge in [0, 0.05) is 18.8 Å². The third-order valence-electron chi connectivity index (χ3n) is 3.69. The second-order valence-corrected chi connectivity index (χ2v) is 5.54. The van der Waals surface area contributed by atoms with Gasteiger partial charge in [-0.25, -0.2) is 4.98 Å². The average Bonchev–Trinajstić information content (AvgIpc) is 2.97. The van der Waals surface area contributed by atoms with E-state index in [1.807, 2.05) is 48.8 Å². The highest BCUT2D eigenvalue weighted by Crippen LogP contribution is 2.12. The second kappa shape index (κ2) is 6.96. The summed E-state index contributed by atoms with van der Waals surface area (Å²) < 4.78 is 2.15. The summed E-state index contributed by atoms with van der Waals surface area (Å²) in [6.07, 6.45) is 2.79. The third kappa shape index (κ3) is 3.88. The number of para-hydroxylation sites is 2. The van der Waals surface area contributed by atoms with Crippen molar-refractivity contribution in [3.63, 3.8) is 0 Å². The minimum atomic E-state index is 0.448. The highest BCUT2D eigenvalue weighted by Gasteiger charge is 2.00. The Hall–Kier alpha value is -2.82. The molecular weight excluding hydrogens is 286 g/mol. The summed E-state index contributed by atoms with van der Waals surface area (Å²) in [6.45, 7) is 3.61. The van der Waals surface area contributed by atoms with Gasteiger partial charge in [0.25, 0.3) is 0 Å². The molecule has 0 bridgehead atoms. The van der Waals surface area contributed by atoms with Crippen LogP contribution in [0.15, 0.2) is 59.9 Å². The van der Waals surface area contributed by atoms with Gasteiger partial charge in [-0.15, -0.1) is 0 Å². The van der Waals surface area contributed by atoms with Gasteiger partial charge in [-0.2, -0.15) is 0 Å². The van der Waals surface area contributed by atoms with Crippen molar-refractivity contribution in [3.8, 4) is 0 Å². The number of guanidine groups is 1. The summed E-state index contributed by atoms with van der Waals surface area (Å²) in [5.74, 6) is 0.448. The highest BCUT2D eigenvalue weighted by molar-refractivity contribution is 5.92. The highest BCUT2D eigenvalue weighted by atomic mass is 15.1. The van der Waals surface area contributed by atoms with Crippen LogP contribution in [0.2, 0.25) is 0 Å². The summed E-state index contributed by atoms with van der Waals surface area (Å²) in [5.41, 5.74) is 10.3. The molecule has 0 saturated heterocycles. The van der Waals surface area contributed by atoms with Gasteiger partial charge in [0.1, 0.15) is 0 Å². The molecule has 3 aromatic rings. The quantitative estimate of drug-likeness (QED) is 0.432. The van der Waals surface area contributed by atoms with Gasteiger partial charge >= 0.3 is 0 Å². The van der Waals surface area contributed by atoms with E-state index in [9.17, 15) is 0 Å². The van der Waals surface area contributed by atoms with E-state index < -0.39 is 0 Å². The molecule has 0 spiro atoms. The predicted molar refractivity (Wildman–Crippen MR) is 95.6 cm³/mol. The third-order valence-corrected chi connectivity index (χ3v) is 3.69. The van der Waals surface area contributed by atoms with E-state index in [0.29, 0.717) is 12.5 Å². The number of nitrogens with one attached hydrogen (secondary N) is 1. The number of imidazole rings is 1. The van der Waals surface area contributed by atoms with E-state index in [-0.39, 0.29) is 0 Å². The van der Waals surface area contributed by atoms with Crippen molar-refractivity contribution >= 4 is 22.7 Å². The molecule has 0 aliphatic carbocycles. The first kappa shape index (κ1) is 15.1. The molecule has 5 heteroatoms. The zero-order valence-electron chi connectivity index (χ0n) is 13.2. The average molecular weight is 307 g/mol. The van der Waals surface area contributed by atoms with E-state index in [1.165, 1.54) is 5.56 Å². The lowest BCUT2D eigenvalue weighted by atomic mass is 10.2. The molecule has 1 heterocycles. The van der Waals surface area contributed by atoms with Crippen molar-refractivity contribution in [2.75, 3.05) is 11.9 Å². The van der Waals surface area contributed by atoms with E-state index >= 15 is 0 Å². The van der Waals surface area contributed by atoms with Crippen LogP contribution in [0.3, 0.4) is 0 Å². The van der Waals surface area contributed by atoms with Gasteiger partial charge in [0.05, 0.1) is 17.4 Å². The fraction of sp³-hybridized carbons (Fsp3) is 0.222. The molecule has 3 rings (SSSR count). The van der Waals surface area contributed by atoms with Crippen LogP contribution in [0.4, 0.5) is 5.69 Å². The maximum Gasteiger partial charge on any atom is 0.193 e. The van der Waals surface area contributed by atoms with Crippen LogP contribution in [0, 0.1) is 6.92 Å². The molecule has 3 N–H and O–H groups in total. The molecule has 0 unspecified atom stereocenters. The molecule has 1 aromatic heterocycles. The Morgan fingerprint density at radius 1 is 1.17 bits per heavy atom. The number of hydrogen-bond donors (Lipinski definition) is 2. The Morgan fingerprint density at radius 3 is 2.78 bits per heavy atom. The van der Waals surface area contributed by atoms with Crippen LogP contribution < -0.4 is 11.1 Å². The molecule has 0 saturated carbocycles. The summed E-state index contributed by atoms with van der Waals surface area (Å²) in [7, 11) is 0. The summed E-state index contributed by atoms with van der Waals surface area (Å²) >= 11 is 0. The second-order valence-electron chi connectivity index (χ2n) is 5.54. The monoisotopic (exact) mass is 307 g/mol. The smallest absolute Gasteiger partial charge is 0.193 e. The molecule has 0 amide bonds. The molecule has 0 atom stereocenters. The van der Waals surface area contributed by atoms with Crippen molar-refractivity contribution in [2.45, 2.75) is 19.9 Å². The molecule has 118 valence electrons. The number of hydrogen-bond acceptors (Lipinski definition) is 2. The first-order valence-corrected chi connectivity index (χ1v) is 7.76. The molecule has 0 radical (unpaired) electrons. The van der Waals surface area contributed by atoms with Gasteiger partial charge in [-0.1, -0.05) is 29.8 Å². The Bertz CT molecular complexity index is 802. The van der Waals surface area contributed by atoms with Crippen LogP contribution in [0.5, 0.6) is 0 Å². The lowest BCUT2D eigenvalue weighted by Gasteiger charge is -2.06. The van der Waals surface area contributed by atoms with E-state index in [0.717, 1.165) is 29.7 Å². The first-order chi connectivity index (χ1) is 11.2. The number of nitrogens with two attached hydrogens (primary N) is 1. The van der Waals surface area contributed by atoms with Gasteiger partial charge in [0.2, 0.25) is 0 Å². The fourth-order valence-corrected chi connectivity index (χ4v) is 2.45. The minimum Gasteiger partial charge on any atom is -0.370 e. The number of aromatic nitrogens is 2. The summed E-state index contributed by atoms with van der Waals surface area (Å²) in [5, 5.41) is 3.10. The number of anilines is 1. The van der Waals surface area contributed by atoms with Gasteiger partial charge in [-0.05, 0) is 37.6 Å². The Kier molecular flexibility index (Phi) is 4.57. The van der Waals surface area contributed by atoms with Crippen molar-refractivity contribution in [2.24, 2.45) is 10.7 Å². The number of nitrogens with zero attached hydrogens (tertiary/aromatic N) is 3. The summed E-state index contributed by atoms with van der Waals surface area (Å²) in [4.78, 5) is 8.76. The maximum atomic E-state index is 5.91. The van der Waals surface area contributed by atoms with Gasteiger partial charge in [-0.3, -0.25) is 4.99 Å². The van der Waals surface area contributed by atoms with Crippen molar-refractivity contribution < 1.29 is 0 Å². The largest absolute Gasteiger partial charge is 0.370 e. The van der Waals surface area contributed by atoms with E-state index in [2.05, 4.69) is 32.9 Å². The Morgan fingerprint density at radius 2 is 1.96 bits per heavy atom. The lowest BCUT2D eigenvalue weighted by molar-refractivity contribution is 0.666. The van der Waals surface area contributed by atoms with E-state index in [1.54, 1.807) is 0 Å². The lowest BCUT2D eigenvalue weighted by Crippen LogP contribution is -2.22. The van der Waals surface area contributed by atoms with Crippen LogP contribution in [-0.2, 0) is 6.54 Å². The Labute approximate surface area is 135 Å². The van der Waals surface area contributed by atoms with E-state index in [4.69, 9.17) is 5.73 Å². The predicted octanol–water partition coefficient (Wildman–Crippen LogP) is 3.16. The van der Waals surface area contributed by atoms with Crippen molar-refractivity contribution in [1.29, 1.82) is 0 Å². The molecule has 23 heavy (non-hydrogen) atoms. The number of rotatable bonds is 5. The zero-order chi connectivity index (χ0) is 16.1. The minimum absolute atomic E-state index is 0.448. The topological polar surface area (TPSA) is 68.2 Å². The van der Waals surface area contributed by atoms with Crippen LogP contribution in [0.25, 0.3) is 11.0 Å². The van der Waals surface area contributed by atoms with Gasteiger partial charge < -0.3 is 15.6 Å². The molecule has 2 aromatic carbocycles. The SMILES string of the molecule is Cc1ccc(NC(N)=NCCCn2cnc3ccccc32)cc1. The molecule has 0 aliphatic rings. The van der Waals surface area contributed by atoms with Crippen LogP contribution >= 0.6 is 0 Å². The molecular formula is C18H21N5. The normalized spacial score (nSPS) is 11.8. The van der Waals surface area contributed by atoms with Crippen molar-refractivity contribution in [3.05, 3.63) is 60.4 Å². The maximum absolute atomic E-state index is 5.91. The van der Waals surface area contributed by atoms with Crippen molar-refractivity contribution in [1.82, 2.24) is 9.55 Å². The number of fused-ring (bicyclic) bond motifs is 1. The number of benzene rings is 2. The molecule has 0 fully saturated rings. The summed E-state index contributed by atoms with van der Waals surface area (Å²) in [6, 6.07) is 16.2. The molecule has 5 nitrogen and oxygen atoms in total. The molecule has 0 aliphatic heterocycles. The van der Waals surface area contributed by atoms with Crippen LogP contribution in [0.1, 0.15) is 12.0 Å². The van der Waals surface area contributed by atoms with Gasteiger partial charge in [0.15, 0.2) is 5.96 Å².